The predicted octanol–water partition coefficient (Wildman–Crippen LogP) is 2.34. The fourth-order valence-corrected chi connectivity index (χ4v) is 1.80. The maximum atomic E-state index is 9.46. The fourth-order valence-electron chi connectivity index (χ4n) is 1.80. The highest BCUT2D eigenvalue weighted by Crippen LogP contribution is 2.27. The van der Waals surface area contributed by atoms with Gasteiger partial charge in [-0.15, -0.1) is 0 Å². The van der Waals surface area contributed by atoms with E-state index in [1.807, 2.05) is 32.0 Å². The lowest BCUT2D eigenvalue weighted by Crippen LogP contribution is -2.19. The number of aliphatic hydroxyl groups excluding tert-OH is 1. The van der Waals surface area contributed by atoms with Crippen molar-refractivity contribution >= 4 is 0 Å². The van der Waals surface area contributed by atoms with Gasteiger partial charge in [0.25, 0.3) is 0 Å². The normalized spacial score (nSPS) is 12.2. The third kappa shape index (κ3) is 5.49. The summed E-state index contributed by atoms with van der Waals surface area (Å²) in [6.07, 6.45) is 1.38. The number of hydrogen-bond acceptors (Lipinski definition) is 4. The van der Waals surface area contributed by atoms with Crippen LogP contribution in [-0.4, -0.2) is 31.5 Å². The molecule has 0 saturated heterocycles. The van der Waals surface area contributed by atoms with Crippen LogP contribution in [0.15, 0.2) is 18.2 Å². The SMILES string of the molecule is CCOc1cc(CNCCC(O)CC)ccc1OC. The molecule has 0 saturated carbocycles. The van der Waals surface area contributed by atoms with Crippen LogP contribution < -0.4 is 14.8 Å². The van der Waals surface area contributed by atoms with E-state index in [1.54, 1.807) is 7.11 Å². The van der Waals surface area contributed by atoms with Crippen molar-refractivity contribution in [1.29, 1.82) is 0 Å². The largest absolute Gasteiger partial charge is 0.493 e. The van der Waals surface area contributed by atoms with E-state index in [4.69, 9.17) is 9.47 Å². The highest BCUT2D eigenvalue weighted by molar-refractivity contribution is 5.42. The Bertz CT molecular complexity index is 368. The molecule has 19 heavy (non-hydrogen) atoms. The summed E-state index contributed by atoms with van der Waals surface area (Å²) in [5.74, 6) is 1.53. The Morgan fingerprint density at radius 2 is 2.05 bits per heavy atom. The summed E-state index contributed by atoms with van der Waals surface area (Å²) in [5, 5.41) is 12.8. The minimum Gasteiger partial charge on any atom is -0.493 e. The molecule has 0 amide bonds. The molecule has 1 atom stereocenters. The van der Waals surface area contributed by atoms with E-state index in [1.165, 1.54) is 0 Å². The van der Waals surface area contributed by atoms with Crippen LogP contribution in [0.5, 0.6) is 11.5 Å². The van der Waals surface area contributed by atoms with Gasteiger partial charge in [-0.2, -0.15) is 0 Å². The Morgan fingerprint density at radius 3 is 2.68 bits per heavy atom. The Morgan fingerprint density at radius 1 is 1.26 bits per heavy atom. The summed E-state index contributed by atoms with van der Waals surface area (Å²) in [6, 6.07) is 5.93. The second kappa shape index (κ2) is 8.77. The van der Waals surface area contributed by atoms with Crippen LogP contribution in [0.3, 0.4) is 0 Å². The molecule has 1 aromatic rings. The number of rotatable bonds is 9. The topological polar surface area (TPSA) is 50.7 Å². The molecular weight excluding hydrogens is 242 g/mol. The van der Waals surface area contributed by atoms with Gasteiger partial charge in [0.05, 0.1) is 19.8 Å². The monoisotopic (exact) mass is 267 g/mol. The standard InChI is InChI=1S/C15H25NO3/c1-4-13(17)8-9-16-11-12-6-7-14(18-3)15(10-12)19-5-2/h6-7,10,13,16-17H,4-5,8-9,11H2,1-3H3. The van der Waals surface area contributed by atoms with E-state index in [0.29, 0.717) is 6.61 Å². The van der Waals surface area contributed by atoms with Gasteiger partial charge in [-0.05, 0) is 44.0 Å². The Balaban J connectivity index is 2.47. The van der Waals surface area contributed by atoms with Gasteiger partial charge >= 0.3 is 0 Å². The highest BCUT2D eigenvalue weighted by Gasteiger charge is 2.05. The molecule has 0 spiro atoms. The summed E-state index contributed by atoms with van der Waals surface area (Å²) in [6.45, 7) is 6.14. The number of nitrogens with one attached hydrogen (secondary N) is 1. The average molecular weight is 267 g/mol. The minimum atomic E-state index is -0.206. The van der Waals surface area contributed by atoms with Crippen molar-refractivity contribution in [2.45, 2.75) is 39.3 Å². The molecule has 0 aliphatic rings. The van der Waals surface area contributed by atoms with Gasteiger partial charge < -0.3 is 19.9 Å². The summed E-state index contributed by atoms with van der Waals surface area (Å²) in [7, 11) is 1.64. The maximum Gasteiger partial charge on any atom is 0.161 e. The zero-order valence-electron chi connectivity index (χ0n) is 12.1. The quantitative estimate of drug-likeness (QED) is 0.674. The van der Waals surface area contributed by atoms with Gasteiger partial charge in [-0.25, -0.2) is 0 Å². The van der Waals surface area contributed by atoms with Crippen LogP contribution in [0.25, 0.3) is 0 Å². The van der Waals surface area contributed by atoms with Gasteiger partial charge in [0.15, 0.2) is 11.5 Å². The highest BCUT2D eigenvalue weighted by atomic mass is 16.5. The van der Waals surface area contributed by atoms with Crippen LogP contribution in [0, 0.1) is 0 Å². The van der Waals surface area contributed by atoms with Crippen LogP contribution in [0.4, 0.5) is 0 Å². The number of hydrogen-bond donors (Lipinski definition) is 2. The fraction of sp³-hybridized carbons (Fsp3) is 0.600. The molecule has 0 aliphatic heterocycles. The predicted molar refractivity (Wildman–Crippen MR) is 76.8 cm³/mol. The summed E-state index contributed by atoms with van der Waals surface area (Å²) >= 11 is 0. The molecule has 4 nitrogen and oxygen atoms in total. The molecule has 108 valence electrons. The van der Waals surface area contributed by atoms with Crippen molar-refractivity contribution in [2.75, 3.05) is 20.3 Å². The maximum absolute atomic E-state index is 9.46. The third-order valence-electron chi connectivity index (χ3n) is 2.98. The number of methoxy groups -OCH3 is 1. The first-order valence-corrected chi connectivity index (χ1v) is 6.89. The van der Waals surface area contributed by atoms with Gasteiger partial charge in [-0.3, -0.25) is 0 Å². The Hall–Kier alpha value is -1.26. The molecule has 1 aromatic carbocycles. The van der Waals surface area contributed by atoms with Crippen LogP contribution in [0.2, 0.25) is 0 Å². The van der Waals surface area contributed by atoms with E-state index in [0.717, 1.165) is 43.0 Å². The van der Waals surface area contributed by atoms with Gasteiger partial charge in [0.2, 0.25) is 0 Å². The van der Waals surface area contributed by atoms with Crippen LogP contribution in [-0.2, 0) is 6.54 Å². The zero-order chi connectivity index (χ0) is 14.1. The molecule has 4 heteroatoms. The molecule has 1 rings (SSSR count). The van der Waals surface area contributed by atoms with E-state index in [9.17, 15) is 5.11 Å². The van der Waals surface area contributed by atoms with Crippen molar-refractivity contribution in [3.63, 3.8) is 0 Å². The Kier molecular flexibility index (Phi) is 7.30. The molecule has 0 bridgehead atoms. The van der Waals surface area contributed by atoms with Crippen molar-refractivity contribution < 1.29 is 14.6 Å². The molecule has 0 aromatic heterocycles. The van der Waals surface area contributed by atoms with Crippen molar-refractivity contribution in [3.8, 4) is 11.5 Å². The van der Waals surface area contributed by atoms with E-state index < -0.39 is 0 Å². The molecule has 0 aliphatic carbocycles. The zero-order valence-corrected chi connectivity index (χ0v) is 12.1. The van der Waals surface area contributed by atoms with E-state index >= 15 is 0 Å². The second-order valence-corrected chi connectivity index (χ2v) is 4.45. The summed E-state index contributed by atoms with van der Waals surface area (Å²) in [4.78, 5) is 0. The van der Waals surface area contributed by atoms with E-state index in [2.05, 4.69) is 5.32 Å². The van der Waals surface area contributed by atoms with Crippen molar-refractivity contribution in [1.82, 2.24) is 5.32 Å². The number of ether oxygens (including phenoxy) is 2. The van der Waals surface area contributed by atoms with Gasteiger partial charge in [0, 0.05) is 6.54 Å². The minimum absolute atomic E-state index is 0.206. The number of aliphatic hydroxyl groups is 1. The smallest absolute Gasteiger partial charge is 0.161 e. The van der Waals surface area contributed by atoms with Gasteiger partial charge in [0.1, 0.15) is 0 Å². The Labute approximate surface area is 115 Å². The van der Waals surface area contributed by atoms with Crippen molar-refractivity contribution in [2.24, 2.45) is 0 Å². The lowest BCUT2D eigenvalue weighted by molar-refractivity contribution is 0.159. The first kappa shape index (κ1) is 15.8. The molecule has 1 unspecified atom stereocenters. The number of benzene rings is 1. The summed E-state index contributed by atoms with van der Waals surface area (Å²) in [5.41, 5.74) is 1.15. The first-order chi connectivity index (χ1) is 9.21. The molecule has 0 radical (unpaired) electrons. The van der Waals surface area contributed by atoms with Crippen LogP contribution in [0.1, 0.15) is 32.3 Å². The molecule has 2 N–H and O–H groups in total. The van der Waals surface area contributed by atoms with Gasteiger partial charge in [-0.1, -0.05) is 13.0 Å². The van der Waals surface area contributed by atoms with E-state index in [-0.39, 0.29) is 6.10 Å². The van der Waals surface area contributed by atoms with Crippen LogP contribution >= 0.6 is 0 Å². The summed E-state index contributed by atoms with van der Waals surface area (Å²) < 4.78 is 10.8. The third-order valence-corrected chi connectivity index (χ3v) is 2.98. The average Bonchev–Trinajstić information content (AvgIpc) is 2.44. The van der Waals surface area contributed by atoms with Crippen molar-refractivity contribution in [3.05, 3.63) is 23.8 Å². The molecule has 0 heterocycles. The lowest BCUT2D eigenvalue weighted by atomic mass is 10.2. The lowest BCUT2D eigenvalue weighted by Gasteiger charge is -2.12. The second-order valence-electron chi connectivity index (χ2n) is 4.45. The first-order valence-electron chi connectivity index (χ1n) is 6.89. The molecule has 0 fully saturated rings. The molecular formula is C15H25NO3.